The summed E-state index contributed by atoms with van der Waals surface area (Å²) in [6.07, 6.45) is 2.71. The monoisotopic (exact) mass is 335 g/mol. The lowest BCUT2D eigenvalue weighted by Crippen LogP contribution is -2.25. The third-order valence-corrected chi connectivity index (χ3v) is 5.51. The number of benzene rings is 1. The molecular weight excluding hydrogens is 318 g/mol. The second kappa shape index (κ2) is 5.78. The van der Waals surface area contributed by atoms with E-state index in [2.05, 4.69) is 70.6 Å². The van der Waals surface area contributed by atoms with Crippen molar-refractivity contribution in [1.82, 2.24) is 5.32 Å². The summed E-state index contributed by atoms with van der Waals surface area (Å²) < 4.78 is 1.21. The van der Waals surface area contributed by atoms with Gasteiger partial charge in [0.25, 0.3) is 0 Å². The summed E-state index contributed by atoms with van der Waals surface area (Å²) in [4.78, 5) is 1.40. The highest BCUT2D eigenvalue weighted by atomic mass is 79.9. The number of thiophene rings is 1. The van der Waals surface area contributed by atoms with E-state index in [-0.39, 0.29) is 0 Å². The van der Waals surface area contributed by atoms with E-state index in [0.29, 0.717) is 12.1 Å². The molecule has 1 aliphatic carbocycles. The molecule has 1 fully saturated rings. The SMILES string of the molecule is CC(NC(c1ccccc1)C1CC1)c1ccc(Br)s1. The minimum Gasteiger partial charge on any atom is -0.302 e. The molecule has 1 aromatic heterocycles. The smallest absolute Gasteiger partial charge is 0.0701 e. The molecule has 1 N–H and O–H groups in total. The van der Waals surface area contributed by atoms with Crippen LogP contribution in [0.1, 0.15) is 42.3 Å². The highest BCUT2D eigenvalue weighted by Crippen LogP contribution is 2.42. The Hall–Kier alpha value is -0.640. The van der Waals surface area contributed by atoms with Gasteiger partial charge >= 0.3 is 0 Å². The van der Waals surface area contributed by atoms with Gasteiger partial charge in [0.1, 0.15) is 0 Å². The number of hydrogen-bond donors (Lipinski definition) is 1. The maximum absolute atomic E-state index is 3.81. The molecule has 0 bridgehead atoms. The predicted molar refractivity (Wildman–Crippen MR) is 85.5 cm³/mol. The fourth-order valence-corrected chi connectivity index (χ4v) is 3.94. The topological polar surface area (TPSA) is 12.0 Å². The first-order valence-corrected chi connectivity index (χ1v) is 8.41. The van der Waals surface area contributed by atoms with Crippen LogP contribution in [0.2, 0.25) is 0 Å². The molecule has 2 aromatic rings. The summed E-state index contributed by atoms with van der Waals surface area (Å²) in [5, 5.41) is 3.81. The van der Waals surface area contributed by atoms with Gasteiger partial charge < -0.3 is 5.32 Å². The zero-order valence-corrected chi connectivity index (χ0v) is 13.4. The van der Waals surface area contributed by atoms with Crippen LogP contribution in [-0.2, 0) is 0 Å². The van der Waals surface area contributed by atoms with Crippen molar-refractivity contribution in [3.8, 4) is 0 Å². The van der Waals surface area contributed by atoms with E-state index in [4.69, 9.17) is 0 Å². The average molecular weight is 336 g/mol. The number of halogens is 1. The lowest BCUT2D eigenvalue weighted by molar-refractivity contribution is 0.431. The van der Waals surface area contributed by atoms with Crippen molar-refractivity contribution >= 4 is 27.3 Å². The fraction of sp³-hybridized carbons (Fsp3) is 0.375. The third-order valence-electron chi connectivity index (χ3n) is 3.70. The standard InChI is InChI=1S/C16H18BrNS/c1-11(14-9-10-15(17)19-14)18-16(13-7-8-13)12-5-3-2-4-6-12/h2-6,9-11,13,16,18H,7-8H2,1H3. The molecule has 0 radical (unpaired) electrons. The van der Waals surface area contributed by atoms with Gasteiger partial charge in [0.15, 0.2) is 0 Å². The Morgan fingerprint density at radius 2 is 1.89 bits per heavy atom. The molecule has 1 saturated carbocycles. The van der Waals surface area contributed by atoms with Crippen molar-refractivity contribution in [2.45, 2.75) is 31.8 Å². The molecule has 2 atom stereocenters. The van der Waals surface area contributed by atoms with Crippen molar-refractivity contribution in [2.24, 2.45) is 5.92 Å². The van der Waals surface area contributed by atoms with Gasteiger partial charge in [0.05, 0.1) is 3.79 Å². The second-order valence-corrected chi connectivity index (χ2v) is 7.75. The van der Waals surface area contributed by atoms with Crippen LogP contribution in [0.4, 0.5) is 0 Å². The number of hydrogen-bond acceptors (Lipinski definition) is 2. The molecule has 1 heterocycles. The Bertz CT molecular complexity index is 533. The fourth-order valence-electron chi connectivity index (χ4n) is 2.51. The zero-order valence-electron chi connectivity index (χ0n) is 11.0. The van der Waals surface area contributed by atoms with E-state index >= 15 is 0 Å². The Labute approximate surface area is 127 Å². The molecule has 0 spiro atoms. The lowest BCUT2D eigenvalue weighted by atomic mass is 10.0. The van der Waals surface area contributed by atoms with E-state index in [1.807, 2.05) is 11.3 Å². The molecule has 100 valence electrons. The van der Waals surface area contributed by atoms with Crippen molar-refractivity contribution in [2.75, 3.05) is 0 Å². The van der Waals surface area contributed by atoms with Crippen LogP contribution in [0, 0.1) is 5.92 Å². The lowest BCUT2D eigenvalue weighted by Gasteiger charge is -2.23. The maximum atomic E-state index is 3.81. The van der Waals surface area contributed by atoms with Gasteiger partial charge in [-0.3, -0.25) is 0 Å². The van der Waals surface area contributed by atoms with Crippen molar-refractivity contribution in [3.05, 3.63) is 56.7 Å². The van der Waals surface area contributed by atoms with Gasteiger partial charge in [-0.15, -0.1) is 11.3 Å². The van der Waals surface area contributed by atoms with Crippen LogP contribution in [0.5, 0.6) is 0 Å². The molecule has 2 unspecified atom stereocenters. The molecule has 3 rings (SSSR count). The van der Waals surface area contributed by atoms with Gasteiger partial charge in [0, 0.05) is 17.0 Å². The van der Waals surface area contributed by atoms with E-state index in [0.717, 1.165) is 5.92 Å². The highest BCUT2D eigenvalue weighted by Gasteiger charge is 2.33. The van der Waals surface area contributed by atoms with Gasteiger partial charge in [0.2, 0.25) is 0 Å². The van der Waals surface area contributed by atoms with Crippen molar-refractivity contribution in [3.63, 3.8) is 0 Å². The van der Waals surface area contributed by atoms with E-state index < -0.39 is 0 Å². The summed E-state index contributed by atoms with van der Waals surface area (Å²) in [7, 11) is 0. The van der Waals surface area contributed by atoms with Crippen LogP contribution in [0.25, 0.3) is 0 Å². The van der Waals surface area contributed by atoms with Gasteiger partial charge in [-0.25, -0.2) is 0 Å². The van der Waals surface area contributed by atoms with Gasteiger partial charge in [-0.2, -0.15) is 0 Å². The van der Waals surface area contributed by atoms with E-state index in [9.17, 15) is 0 Å². The first-order chi connectivity index (χ1) is 9.24. The second-order valence-electron chi connectivity index (χ2n) is 5.26. The molecule has 0 amide bonds. The van der Waals surface area contributed by atoms with Crippen LogP contribution < -0.4 is 5.32 Å². The first-order valence-electron chi connectivity index (χ1n) is 6.80. The highest BCUT2D eigenvalue weighted by molar-refractivity contribution is 9.11. The molecule has 0 aliphatic heterocycles. The summed E-state index contributed by atoms with van der Waals surface area (Å²) in [5.74, 6) is 0.813. The quantitative estimate of drug-likeness (QED) is 0.780. The Kier molecular flexibility index (Phi) is 4.06. The summed E-state index contributed by atoms with van der Waals surface area (Å²) in [6.45, 7) is 2.26. The van der Waals surface area contributed by atoms with Crippen molar-refractivity contribution in [1.29, 1.82) is 0 Å². The van der Waals surface area contributed by atoms with Crippen molar-refractivity contribution < 1.29 is 0 Å². The normalized spacial score (nSPS) is 18.2. The van der Waals surface area contributed by atoms with E-state index in [1.165, 1.54) is 27.1 Å². The zero-order chi connectivity index (χ0) is 13.2. The average Bonchev–Trinajstić information content (AvgIpc) is 3.18. The van der Waals surface area contributed by atoms with Crippen LogP contribution in [0.3, 0.4) is 0 Å². The molecule has 1 aromatic carbocycles. The molecule has 0 saturated heterocycles. The first kappa shape index (κ1) is 13.3. The summed E-state index contributed by atoms with van der Waals surface area (Å²) in [5.41, 5.74) is 1.42. The minimum atomic E-state index is 0.405. The minimum absolute atomic E-state index is 0.405. The molecule has 19 heavy (non-hydrogen) atoms. The largest absolute Gasteiger partial charge is 0.302 e. The van der Waals surface area contributed by atoms with Crippen LogP contribution in [0.15, 0.2) is 46.3 Å². The Morgan fingerprint density at radius 3 is 2.47 bits per heavy atom. The summed E-state index contributed by atoms with van der Waals surface area (Å²) in [6, 6.07) is 16.1. The Balaban J connectivity index is 1.75. The molecule has 1 aliphatic rings. The molecule has 3 heteroatoms. The number of nitrogens with one attached hydrogen (secondary N) is 1. The predicted octanol–water partition coefficient (Wildman–Crippen LogP) is 5.31. The van der Waals surface area contributed by atoms with Crippen LogP contribution in [-0.4, -0.2) is 0 Å². The van der Waals surface area contributed by atoms with Gasteiger partial charge in [-0.05, 0) is 59.3 Å². The van der Waals surface area contributed by atoms with E-state index in [1.54, 1.807) is 0 Å². The van der Waals surface area contributed by atoms with Gasteiger partial charge in [-0.1, -0.05) is 30.3 Å². The summed E-state index contributed by atoms with van der Waals surface area (Å²) >= 11 is 5.36. The Morgan fingerprint density at radius 1 is 1.16 bits per heavy atom. The number of rotatable bonds is 5. The molecule has 1 nitrogen and oxygen atoms in total. The molecular formula is C16H18BrNS. The van der Waals surface area contributed by atoms with Crippen LogP contribution >= 0.6 is 27.3 Å². The third kappa shape index (κ3) is 3.28. The maximum Gasteiger partial charge on any atom is 0.0701 e.